The number of hydrogen-bond acceptors (Lipinski definition) is 0. The largest absolute Gasteiger partial charge is 4.00 e. The van der Waals surface area contributed by atoms with Gasteiger partial charge in [-0.25, -0.2) is 0 Å². The van der Waals surface area contributed by atoms with Crippen LogP contribution >= 0.6 is 0 Å². The molecule has 0 saturated carbocycles. The van der Waals surface area contributed by atoms with Crippen molar-refractivity contribution in [1.82, 2.24) is 0 Å². The molecule has 0 N–H and O–H groups in total. The summed E-state index contributed by atoms with van der Waals surface area (Å²) in [5.74, 6) is 0. The van der Waals surface area contributed by atoms with Gasteiger partial charge in [0.05, 0.1) is 0 Å². The van der Waals surface area contributed by atoms with Crippen LogP contribution in [-0.4, -0.2) is 24.4 Å². The average molecular weight is 241 g/mol. The predicted octanol–water partition coefficient (Wildman–Crippen LogP) is -0.505. The summed E-state index contributed by atoms with van der Waals surface area (Å²) in [7, 11) is 0. The third-order valence-corrected chi connectivity index (χ3v) is 0. The van der Waals surface area contributed by atoms with Crippen molar-refractivity contribution < 1.29 is 44.3 Å². The molecule has 4 heavy (non-hydrogen) atoms. The van der Waals surface area contributed by atoms with Gasteiger partial charge in [-0.15, -0.1) is 0 Å². The van der Waals surface area contributed by atoms with E-state index in [1.165, 1.54) is 0 Å². The molecule has 0 aromatic heterocycles. The Morgan fingerprint density at radius 3 is 1.00 bits per heavy atom. The van der Waals surface area contributed by atoms with Crippen molar-refractivity contribution in [3.63, 3.8) is 0 Å². The fourth-order valence-electron chi connectivity index (χ4n) is 0. The molecule has 3 radical (unpaired) electrons. The fourth-order valence-corrected chi connectivity index (χ4v) is 0. The molecule has 0 aliphatic carbocycles. The van der Waals surface area contributed by atoms with Gasteiger partial charge in [-0.2, -0.15) is 0 Å². The van der Waals surface area contributed by atoms with Crippen molar-refractivity contribution in [3.05, 3.63) is 0 Å². The third-order valence-electron chi connectivity index (χ3n) is 0. The van der Waals surface area contributed by atoms with Gasteiger partial charge >= 0.3 is 63.2 Å². The maximum absolute atomic E-state index is 0. The average Bonchev–Trinajstić information content (AvgIpc) is 0. The van der Waals surface area contributed by atoms with Crippen LogP contribution in [0, 0.1) is 0 Å². The molecule has 0 rings (SSSR count). The first-order valence-corrected chi connectivity index (χ1v) is 0. The number of hydrogen-bond donors (Lipinski definition) is 0. The summed E-state index contributed by atoms with van der Waals surface area (Å²) in [6.07, 6.45) is 0. The van der Waals surface area contributed by atoms with E-state index in [9.17, 15) is 0 Å². The van der Waals surface area contributed by atoms with Crippen LogP contribution in [-0.2, 0) is 44.3 Å². The first-order valence-electron chi connectivity index (χ1n) is 0. The van der Waals surface area contributed by atoms with Crippen LogP contribution in [0.2, 0.25) is 0 Å². The van der Waals surface area contributed by atoms with Crippen molar-refractivity contribution >= 4 is 24.4 Å². The van der Waals surface area contributed by atoms with Gasteiger partial charge in [-0.3, -0.25) is 0 Å². The molecule has 0 amide bonds. The monoisotopic (exact) mass is 240 g/mol. The van der Waals surface area contributed by atoms with Crippen molar-refractivity contribution in [1.29, 1.82) is 0 Å². The Bertz CT molecular complexity index is 8.00. The molecule has 0 fully saturated rings. The van der Waals surface area contributed by atoms with Gasteiger partial charge in [0.15, 0.2) is 0 Å². The van der Waals surface area contributed by atoms with Gasteiger partial charge in [-0.05, 0) is 0 Å². The Morgan fingerprint density at radius 2 is 1.00 bits per heavy atom. The molecule has 15 valence electrons. The second-order valence-corrected chi connectivity index (χ2v) is 0. The molecule has 0 bridgehead atoms. The summed E-state index contributed by atoms with van der Waals surface area (Å²) in [5, 5.41) is 0. The summed E-state index contributed by atoms with van der Waals surface area (Å²) in [4.78, 5) is 0. The molecule has 0 unspecified atom stereocenters. The molecule has 4 heteroatoms. The van der Waals surface area contributed by atoms with E-state index in [-0.39, 0.29) is 68.7 Å². The summed E-state index contributed by atoms with van der Waals surface area (Å²) < 4.78 is 0. The zero-order valence-electron chi connectivity index (χ0n) is 1.73. The van der Waals surface area contributed by atoms with Crippen LogP contribution in [0.3, 0.4) is 0 Å². The van der Waals surface area contributed by atoms with Gasteiger partial charge in [0.1, 0.15) is 0 Å². The normalized spacial score (nSPS) is 0. The second-order valence-electron chi connectivity index (χ2n) is 0. The molecular formula is MnOSbTi+7. The molecule has 0 spiro atoms. The van der Waals surface area contributed by atoms with Gasteiger partial charge in [-0.1, -0.05) is 0 Å². The molecule has 0 aromatic carbocycles. The first kappa shape index (κ1) is 37.3. The smallest absolute Gasteiger partial charge is 2.00 e. The summed E-state index contributed by atoms with van der Waals surface area (Å²) in [5.41, 5.74) is 0. The quantitative estimate of drug-likeness (QED) is 0.511. The molecule has 0 aliphatic rings. The minimum atomic E-state index is 0. The predicted molar refractivity (Wildman–Crippen MR) is 6.44 cm³/mol. The van der Waals surface area contributed by atoms with Crippen molar-refractivity contribution in [2.75, 3.05) is 0 Å². The van der Waals surface area contributed by atoms with Gasteiger partial charge in [0.2, 0.25) is 0 Å². The summed E-state index contributed by atoms with van der Waals surface area (Å²) in [6.45, 7) is 0. The van der Waals surface area contributed by atoms with Gasteiger partial charge in [0.25, 0.3) is 0 Å². The Morgan fingerprint density at radius 1 is 1.00 bits per heavy atom. The Balaban J connectivity index is 0. The Kier molecular flexibility index (Phi) is 186. The maximum atomic E-state index is 0. The van der Waals surface area contributed by atoms with E-state index in [1.807, 2.05) is 0 Å². The van der Waals surface area contributed by atoms with Crippen LogP contribution in [0.5, 0.6) is 0 Å². The SMILES string of the molecule is [Mn+2].[O-2].[Sb+3].[Ti+4]. The topological polar surface area (TPSA) is 28.5 Å². The van der Waals surface area contributed by atoms with E-state index in [4.69, 9.17) is 0 Å². The van der Waals surface area contributed by atoms with E-state index in [2.05, 4.69) is 0 Å². The van der Waals surface area contributed by atoms with Crippen LogP contribution < -0.4 is 0 Å². The molecule has 0 saturated heterocycles. The van der Waals surface area contributed by atoms with Crippen LogP contribution in [0.4, 0.5) is 0 Å². The van der Waals surface area contributed by atoms with Crippen LogP contribution in [0.25, 0.3) is 0 Å². The van der Waals surface area contributed by atoms with E-state index < -0.39 is 0 Å². The molecule has 0 aromatic rings. The van der Waals surface area contributed by atoms with Gasteiger partial charge < -0.3 is 5.48 Å². The van der Waals surface area contributed by atoms with E-state index in [1.54, 1.807) is 0 Å². The maximum Gasteiger partial charge on any atom is 4.00 e. The first-order chi connectivity index (χ1) is 0. The minimum absolute atomic E-state index is 0. The Labute approximate surface area is 68.0 Å². The minimum Gasteiger partial charge on any atom is -2.00 e. The van der Waals surface area contributed by atoms with E-state index >= 15 is 0 Å². The van der Waals surface area contributed by atoms with Crippen LogP contribution in [0.15, 0.2) is 0 Å². The van der Waals surface area contributed by atoms with Gasteiger partial charge in [0, 0.05) is 0 Å². The van der Waals surface area contributed by atoms with Crippen LogP contribution in [0.1, 0.15) is 0 Å². The zero-order chi connectivity index (χ0) is 0. The molecule has 0 atom stereocenters. The van der Waals surface area contributed by atoms with Crippen molar-refractivity contribution in [2.24, 2.45) is 0 Å². The third kappa shape index (κ3) is 8.99. The summed E-state index contributed by atoms with van der Waals surface area (Å²) >= 11 is 0. The second kappa shape index (κ2) is 19.9. The standard InChI is InChI=1S/Mn.O.Sb.Ti/q+2;-2;+3;+4. The zero-order valence-corrected chi connectivity index (χ0v) is 7.03. The van der Waals surface area contributed by atoms with Crippen molar-refractivity contribution in [2.45, 2.75) is 0 Å². The summed E-state index contributed by atoms with van der Waals surface area (Å²) in [6, 6.07) is 0. The van der Waals surface area contributed by atoms with E-state index in [0.717, 1.165) is 0 Å². The number of rotatable bonds is 0. The van der Waals surface area contributed by atoms with Crippen molar-refractivity contribution in [3.8, 4) is 0 Å². The molecule has 0 aliphatic heterocycles. The van der Waals surface area contributed by atoms with E-state index in [0.29, 0.717) is 0 Å². The molecule has 0 heterocycles. The molecular weight excluding hydrogens is 241 g/mol. The fraction of sp³-hybridized carbons (Fsp3) is 0. The Hall–Kier alpha value is 2.01. The molecule has 1 nitrogen and oxygen atoms in total.